The first kappa shape index (κ1) is 37.5. The molecule has 0 amide bonds. The van der Waals surface area contributed by atoms with E-state index < -0.39 is 33.4 Å². The molecule has 3 heterocycles. The van der Waals surface area contributed by atoms with Crippen molar-refractivity contribution < 1.29 is 28.6 Å². The fourth-order valence-corrected chi connectivity index (χ4v) is 11.3. The molecule has 0 bridgehead atoms. The summed E-state index contributed by atoms with van der Waals surface area (Å²) in [5, 5.41) is 2.23. The minimum Gasteiger partial charge on any atom is 0 e. The number of hydrogen-bond acceptors (Lipinski definition) is 3. The summed E-state index contributed by atoms with van der Waals surface area (Å²) in [6, 6.07) is 47.6. The zero-order valence-corrected chi connectivity index (χ0v) is 40.0. The summed E-state index contributed by atoms with van der Waals surface area (Å²) in [5.74, 6) is 14.7. The van der Waals surface area contributed by atoms with E-state index in [1.807, 2.05) is 60.9 Å². The maximum atomic E-state index is 7.84. The molecule has 56 heavy (non-hydrogen) atoms. The molecular weight excluding hydrogens is 982 g/mol. The van der Waals surface area contributed by atoms with E-state index in [2.05, 4.69) is 137 Å². The first-order valence-electron chi connectivity index (χ1n) is 20.5. The number of fused-ring (bicyclic) bond motifs is 3. The zero-order chi connectivity index (χ0) is 41.4. The van der Waals surface area contributed by atoms with Crippen molar-refractivity contribution in [2.45, 2.75) is 61.2 Å². The predicted molar refractivity (Wildman–Crippen MR) is 240 cm³/mol. The van der Waals surface area contributed by atoms with E-state index in [1.54, 1.807) is 6.07 Å². The summed E-state index contributed by atoms with van der Waals surface area (Å²) in [4.78, 5) is 9.24. The van der Waals surface area contributed by atoms with Crippen LogP contribution in [0, 0.1) is 19.0 Å². The second-order valence-corrected chi connectivity index (χ2v) is 37.9. The summed E-state index contributed by atoms with van der Waals surface area (Å²) in [5.41, 5.74) is 10.8. The van der Waals surface area contributed by atoms with Crippen molar-refractivity contribution >= 4 is 57.3 Å². The van der Waals surface area contributed by atoms with Crippen LogP contribution in [-0.4, -0.2) is 36.5 Å². The van der Waals surface area contributed by atoms with Gasteiger partial charge in [-0.3, -0.25) is 0 Å². The van der Waals surface area contributed by atoms with Crippen LogP contribution in [0.3, 0.4) is 0 Å². The Morgan fingerprint density at radius 1 is 0.661 bits per heavy atom. The van der Waals surface area contributed by atoms with Crippen molar-refractivity contribution in [3.05, 3.63) is 157 Å². The summed E-state index contributed by atoms with van der Waals surface area (Å²) in [6.45, 7) is 2.21. The molecule has 0 saturated carbocycles. The Kier molecular flexibility index (Phi) is 11.5. The maximum Gasteiger partial charge on any atom is 0 e. The van der Waals surface area contributed by atoms with Gasteiger partial charge in [0.15, 0.2) is 0 Å². The summed E-state index contributed by atoms with van der Waals surface area (Å²) < 4.78 is 32.8. The Balaban J connectivity index is 0.000000199. The van der Waals surface area contributed by atoms with Crippen molar-refractivity contribution in [3.8, 4) is 44.8 Å². The third-order valence-electron chi connectivity index (χ3n) is 10.2. The molecule has 5 aromatic carbocycles. The third-order valence-corrected chi connectivity index (χ3v) is 18.8. The standard InChI is InChI=1S/C29H28GeNO.C21H22GeN.Ir/c1-19(2)21-15-16-31-27(17-21)26-8-6-7-25-24-14-11-22(18-28(24)32-29(25)26)20-9-12-23(13-10-20)30(3,4)5;1-16-10-11-18(14-20(16)17-8-6-5-7-9-17)21-13-12-19(15-23-21)22(2,3)4;/h6-7,9-19H,1-5H3;5-10,12-15H,1-4H3;/q2*-1;/i;1D3;. The Labute approximate surface area is 356 Å². The van der Waals surface area contributed by atoms with Gasteiger partial charge in [-0.25, -0.2) is 0 Å². The van der Waals surface area contributed by atoms with E-state index >= 15 is 0 Å². The minimum absolute atomic E-state index is 0. The monoisotopic (exact) mass is 1040 g/mol. The summed E-state index contributed by atoms with van der Waals surface area (Å²) in [7, 11) is 0. The molecule has 8 aromatic rings. The second-order valence-electron chi connectivity index (χ2n) is 16.6. The smallest absolute Gasteiger partial charge is 0 e. The number of nitrogens with zero attached hydrogens (tertiary/aromatic N) is 2. The van der Waals surface area contributed by atoms with Crippen LogP contribution in [-0.2, 0) is 20.1 Å². The van der Waals surface area contributed by atoms with Gasteiger partial charge < -0.3 is 0 Å². The van der Waals surface area contributed by atoms with E-state index in [4.69, 9.17) is 8.53 Å². The van der Waals surface area contributed by atoms with Gasteiger partial charge in [-0.05, 0) is 12.0 Å². The van der Waals surface area contributed by atoms with Crippen LogP contribution in [0.4, 0.5) is 0 Å². The number of hydrogen-bond donors (Lipinski definition) is 0. The van der Waals surface area contributed by atoms with Gasteiger partial charge in [0.2, 0.25) is 0 Å². The van der Waals surface area contributed by atoms with Gasteiger partial charge in [-0.2, -0.15) is 0 Å². The number of rotatable bonds is 7. The number of aromatic nitrogens is 2. The maximum absolute atomic E-state index is 7.84. The normalized spacial score (nSPS) is 12.7. The Hall–Kier alpha value is -4.06. The van der Waals surface area contributed by atoms with Crippen molar-refractivity contribution in [2.75, 3.05) is 0 Å². The molecule has 3 aromatic heterocycles. The molecule has 6 heteroatoms. The molecule has 3 nitrogen and oxygen atoms in total. The first-order chi connectivity index (χ1) is 27.5. The van der Waals surface area contributed by atoms with Crippen LogP contribution >= 0.6 is 0 Å². The quantitative estimate of drug-likeness (QED) is 0.118. The molecule has 0 aliphatic rings. The Bertz CT molecular complexity index is 2700. The predicted octanol–water partition coefficient (Wildman–Crippen LogP) is 12.9. The molecule has 0 aliphatic carbocycles. The van der Waals surface area contributed by atoms with Gasteiger partial charge in [0, 0.05) is 26.3 Å². The molecule has 285 valence electrons. The molecule has 1 radical (unpaired) electrons. The van der Waals surface area contributed by atoms with Crippen molar-refractivity contribution in [3.63, 3.8) is 0 Å². The third kappa shape index (κ3) is 9.21. The average Bonchev–Trinajstić information content (AvgIpc) is 3.59. The van der Waals surface area contributed by atoms with Crippen LogP contribution in [0.2, 0.25) is 34.5 Å². The van der Waals surface area contributed by atoms with Gasteiger partial charge in [-0.15, -0.1) is 0 Å². The van der Waals surface area contributed by atoms with Gasteiger partial charge in [0.1, 0.15) is 0 Å². The van der Waals surface area contributed by atoms with E-state index in [0.717, 1.165) is 50.0 Å². The molecule has 0 N–H and O–H groups in total. The summed E-state index contributed by atoms with van der Waals surface area (Å²) >= 11 is -3.71. The van der Waals surface area contributed by atoms with Gasteiger partial charge in [0.05, 0.1) is 0 Å². The fraction of sp³-hybridized carbons (Fsp3) is 0.200. The SMILES string of the molecule is CC(C)c1ccnc(-c2[c-]ccc3c2oc2cc(-c4cc[c]([Ge]([CH3])([CH3])[CH3])cc4)ccc23)c1.[2H]C([2H])([2H])c1c[c-]c(-c2cc[c]([Ge]([CH3])([CH3])[CH3])cn2)cc1-c1ccccc1.[Ir]. The minimum atomic E-state index is -2.18. The number of benzene rings is 5. The Morgan fingerprint density at radius 2 is 1.38 bits per heavy atom. The average molecular weight is 1040 g/mol. The van der Waals surface area contributed by atoms with Crippen LogP contribution in [0.5, 0.6) is 0 Å². The molecule has 0 atom stereocenters. The molecule has 0 spiro atoms. The second kappa shape index (κ2) is 17.2. The van der Waals surface area contributed by atoms with Gasteiger partial charge in [0.25, 0.3) is 0 Å². The Morgan fingerprint density at radius 3 is 2.04 bits per heavy atom. The summed E-state index contributed by atoms with van der Waals surface area (Å²) in [6.07, 6.45) is 3.84. The van der Waals surface area contributed by atoms with Gasteiger partial charge >= 0.3 is 301 Å². The number of furan rings is 1. The molecular formula is C50H50Ge2IrN2O-2. The largest absolute Gasteiger partial charge is 0 e. The van der Waals surface area contributed by atoms with Crippen molar-refractivity contribution in [1.29, 1.82) is 0 Å². The molecule has 8 rings (SSSR count). The van der Waals surface area contributed by atoms with Crippen LogP contribution in [0.25, 0.3) is 66.7 Å². The molecule has 0 fully saturated rings. The molecule has 0 unspecified atom stereocenters. The van der Waals surface area contributed by atoms with Crippen molar-refractivity contribution in [2.24, 2.45) is 0 Å². The number of pyridine rings is 2. The van der Waals surface area contributed by atoms with Crippen LogP contribution in [0.15, 0.2) is 138 Å². The van der Waals surface area contributed by atoms with E-state index in [1.165, 1.54) is 25.5 Å². The fourth-order valence-electron chi connectivity index (χ4n) is 6.71. The van der Waals surface area contributed by atoms with E-state index in [0.29, 0.717) is 17.0 Å². The zero-order valence-electron chi connectivity index (χ0n) is 36.4. The van der Waals surface area contributed by atoms with E-state index in [-0.39, 0.29) is 20.1 Å². The van der Waals surface area contributed by atoms with Crippen molar-refractivity contribution in [1.82, 2.24) is 9.97 Å². The number of aryl methyl sites for hydroxylation is 1. The van der Waals surface area contributed by atoms with Gasteiger partial charge in [-0.1, -0.05) is 19.4 Å². The van der Waals surface area contributed by atoms with E-state index in [9.17, 15) is 0 Å². The molecule has 0 saturated heterocycles. The van der Waals surface area contributed by atoms with Crippen LogP contribution < -0.4 is 8.79 Å². The first-order valence-corrected chi connectivity index (χ1v) is 33.7. The topological polar surface area (TPSA) is 38.9 Å². The molecule has 0 aliphatic heterocycles. The van der Waals surface area contributed by atoms with Crippen LogP contribution in [0.1, 0.15) is 35.0 Å².